The molecule has 0 fully saturated rings. The van der Waals surface area contributed by atoms with Gasteiger partial charge >= 0.3 is 0 Å². The molecular weight excluding hydrogens is 258 g/mol. The summed E-state index contributed by atoms with van der Waals surface area (Å²) in [4.78, 5) is 0. The molecule has 1 N–H and O–H groups in total. The predicted octanol–water partition coefficient (Wildman–Crippen LogP) is 5.05. The lowest BCUT2D eigenvalue weighted by Crippen LogP contribution is -2.36. The van der Waals surface area contributed by atoms with Crippen molar-refractivity contribution in [3.63, 3.8) is 0 Å². The molecule has 0 aliphatic heterocycles. The first-order valence-electron chi connectivity index (χ1n) is 8.12. The van der Waals surface area contributed by atoms with E-state index in [1.807, 2.05) is 0 Å². The monoisotopic (exact) mass is 289 g/mol. The van der Waals surface area contributed by atoms with Crippen LogP contribution in [0.3, 0.4) is 0 Å². The molecule has 0 aromatic heterocycles. The van der Waals surface area contributed by atoms with E-state index in [2.05, 4.69) is 70.3 Å². The van der Waals surface area contributed by atoms with Crippen LogP contribution in [0.2, 0.25) is 0 Å². The Morgan fingerprint density at radius 3 is 2.33 bits per heavy atom. The van der Waals surface area contributed by atoms with Gasteiger partial charge < -0.3 is 10.1 Å². The molecule has 0 saturated carbocycles. The van der Waals surface area contributed by atoms with Gasteiger partial charge in [-0.05, 0) is 51.3 Å². The molecule has 0 heterocycles. The highest BCUT2D eigenvalue weighted by Crippen LogP contribution is 2.16. The topological polar surface area (TPSA) is 21.3 Å². The van der Waals surface area contributed by atoms with Crippen LogP contribution in [0.1, 0.15) is 59.4 Å². The molecule has 0 spiro atoms. The second kappa shape index (κ2) is 8.89. The van der Waals surface area contributed by atoms with Crippen molar-refractivity contribution in [3.05, 3.63) is 35.4 Å². The van der Waals surface area contributed by atoms with E-state index in [-0.39, 0.29) is 5.54 Å². The van der Waals surface area contributed by atoms with Crippen molar-refractivity contribution < 1.29 is 4.74 Å². The van der Waals surface area contributed by atoms with Gasteiger partial charge in [-0.2, -0.15) is 0 Å². The van der Waals surface area contributed by atoms with Crippen LogP contribution in [-0.2, 0) is 0 Å². The van der Waals surface area contributed by atoms with Gasteiger partial charge in [0.2, 0.25) is 0 Å². The lowest BCUT2D eigenvalue weighted by atomic mass is 10.1. The Labute approximate surface area is 130 Å². The molecular formula is C19H31NO. The smallest absolute Gasteiger partial charge is 0.119 e. The molecule has 2 nitrogen and oxygen atoms in total. The minimum atomic E-state index is 0.158. The van der Waals surface area contributed by atoms with Gasteiger partial charge in [-0.15, -0.1) is 0 Å². The van der Waals surface area contributed by atoms with Gasteiger partial charge in [0.15, 0.2) is 0 Å². The lowest BCUT2D eigenvalue weighted by Gasteiger charge is -2.21. The fourth-order valence-electron chi connectivity index (χ4n) is 1.89. The summed E-state index contributed by atoms with van der Waals surface area (Å²) in [5.74, 6) is 0.964. The van der Waals surface area contributed by atoms with E-state index >= 15 is 0 Å². The van der Waals surface area contributed by atoms with E-state index in [0.29, 0.717) is 0 Å². The van der Waals surface area contributed by atoms with E-state index in [1.165, 1.54) is 17.6 Å². The van der Waals surface area contributed by atoms with Crippen LogP contribution in [0.4, 0.5) is 0 Å². The Morgan fingerprint density at radius 2 is 1.81 bits per heavy atom. The van der Waals surface area contributed by atoms with Gasteiger partial charge in [0, 0.05) is 12.1 Å². The number of benzene rings is 1. The molecule has 0 bridgehead atoms. The van der Waals surface area contributed by atoms with Crippen molar-refractivity contribution in [2.45, 2.75) is 59.4 Å². The molecule has 0 unspecified atom stereocenters. The van der Waals surface area contributed by atoms with Gasteiger partial charge in [-0.1, -0.05) is 44.1 Å². The Morgan fingerprint density at radius 1 is 1.14 bits per heavy atom. The van der Waals surface area contributed by atoms with Crippen molar-refractivity contribution in [3.8, 4) is 5.75 Å². The van der Waals surface area contributed by atoms with E-state index < -0.39 is 0 Å². The minimum Gasteiger partial charge on any atom is -0.494 e. The van der Waals surface area contributed by atoms with Crippen LogP contribution in [-0.4, -0.2) is 18.7 Å². The first-order valence-corrected chi connectivity index (χ1v) is 8.12. The average molecular weight is 289 g/mol. The van der Waals surface area contributed by atoms with E-state index in [1.54, 1.807) is 0 Å². The van der Waals surface area contributed by atoms with Crippen LogP contribution >= 0.6 is 0 Å². The predicted molar refractivity (Wildman–Crippen MR) is 92.9 cm³/mol. The highest BCUT2D eigenvalue weighted by molar-refractivity contribution is 5.54. The first-order chi connectivity index (χ1) is 9.94. The van der Waals surface area contributed by atoms with E-state index in [4.69, 9.17) is 4.74 Å². The zero-order valence-electron chi connectivity index (χ0n) is 14.3. The molecule has 1 aromatic carbocycles. The molecule has 0 radical (unpaired) electrons. The third-order valence-electron chi connectivity index (χ3n) is 3.32. The zero-order chi connectivity index (χ0) is 15.7. The maximum absolute atomic E-state index is 5.69. The molecule has 21 heavy (non-hydrogen) atoms. The van der Waals surface area contributed by atoms with Crippen molar-refractivity contribution in [1.82, 2.24) is 5.32 Å². The Bertz CT molecular complexity index is 426. The third-order valence-corrected chi connectivity index (χ3v) is 3.32. The molecule has 0 saturated heterocycles. The Hall–Kier alpha value is -1.28. The summed E-state index contributed by atoms with van der Waals surface area (Å²) in [6.07, 6.45) is 5.62. The third kappa shape index (κ3) is 7.91. The number of ether oxygens (including phenoxy) is 1. The molecule has 1 rings (SSSR count). The van der Waals surface area contributed by atoms with Crippen LogP contribution < -0.4 is 10.1 Å². The quantitative estimate of drug-likeness (QED) is 0.676. The summed E-state index contributed by atoms with van der Waals surface area (Å²) < 4.78 is 5.69. The number of hydrogen-bond acceptors (Lipinski definition) is 2. The van der Waals surface area contributed by atoms with Gasteiger partial charge in [-0.25, -0.2) is 0 Å². The summed E-state index contributed by atoms with van der Waals surface area (Å²) in [7, 11) is 0. The van der Waals surface area contributed by atoms with Crippen molar-refractivity contribution in [2.24, 2.45) is 0 Å². The average Bonchev–Trinajstić information content (AvgIpc) is 2.44. The fourth-order valence-corrected chi connectivity index (χ4v) is 1.89. The molecule has 0 aliphatic carbocycles. The maximum Gasteiger partial charge on any atom is 0.119 e. The van der Waals surface area contributed by atoms with Crippen molar-refractivity contribution >= 4 is 6.08 Å². The number of rotatable bonds is 8. The number of hydrogen-bond donors (Lipinski definition) is 1. The number of unbranched alkanes of at least 4 members (excludes halogenated alkanes) is 1. The second-order valence-electron chi connectivity index (χ2n) is 6.53. The van der Waals surface area contributed by atoms with Crippen LogP contribution in [0, 0.1) is 0 Å². The fraction of sp³-hybridized carbons (Fsp3) is 0.579. The summed E-state index contributed by atoms with van der Waals surface area (Å²) in [5.41, 5.74) is 2.82. The highest BCUT2D eigenvalue weighted by atomic mass is 16.5. The molecule has 0 aliphatic rings. The standard InChI is InChI=1S/C19H31NO/c1-6-8-13-21-18-11-9-17(10-12-18)14-16(7-2)15-20-19(3,4)5/h9-12,14,20H,6-8,13,15H2,1-5H3. The zero-order valence-corrected chi connectivity index (χ0v) is 14.3. The first kappa shape index (κ1) is 17.8. The molecule has 0 atom stereocenters. The molecule has 1 aromatic rings. The molecule has 0 amide bonds. The van der Waals surface area contributed by atoms with Gasteiger partial charge in [0.05, 0.1) is 6.61 Å². The van der Waals surface area contributed by atoms with Crippen molar-refractivity contribution in [2.75, 3.05) is 13.2 Å². The van der Waals surface area contributed by atoms with Gasteiger partial charge in [0.25, 0.3) is 0 Å². The summed E-state index contributed by atoms with van der Waals surface area (Å²) in [5, 5.41) is 3.55. The SMILES string of the molecule is CCCCOc1ccc(C=C(CC)CNC(C)(C)C)cc1. The van der Waals surface area contributed by atoms with Gasteiger partial charge in [0.1, 0.15) is 5.75 Å². The second-order valence-corrected chi connectivity index (χ2v) is 6.53. The Balaban J connectivity index is 2.60. The van der Waals surface area contributed by atoms with E-state index in [0.717, 1.165) is 31.7 Å². The summed E-state index contributed by atoms with van der Waals surface area (Å²) >= 11 is 0. The highest BCUT2D eigenvalue weighted by Gasteiger charge is 2.08. The van der Waals surface area contributed by atoms with Crippen molar-refractivity contribution in [1.29, 1.82) is 0 Å². The van der Waals surface area contributed by atoms with Crippen LogP contribution in [0.15, 0.2) is 29.8 Å². The van der Waals surface area contributed by atoms with Crippen LogP contribution in [0.25, 0.3) is 6.08 Å². The Kier molecular flexibility index (Phi) is 7.52. The van der Waals surface area contributed by atoms with E-state index in [9.17, 15) is 0 Å². The lowest BCUT2D eigenvalue weighted by molar-refractivity contribution is 0.309. The molecule has 2 heteroatoms. The normalized spacial score (nSPS) is 12.5. The number of nitrogens with one attached hydrogen (secondary N) is 1. The summed E-state index contributed by atoms with van der Waals surface area (Å²) in [6.45, 7) is 12.7. The molecule has 118 valence electrons. The van der Waals surface area contributed by atoms with Gasteiger partial charge in [-0.3, -0.25) is 0 Å². The minimum absolute atomic E-state index is 0.158. The summed E-state index contributed by atoms with van der Waals surface area (Å²) in [6, 6.07) is 8.39. The maximum atomic E-state index is 5.69. The van der Waals surface area contributed by atoms with Crippen LogP contribution in [0.5, 0.6) is 5.75 Å². The largest absolute Gasteiger partial charge is 0.494 e.